The maximum absolute atomic E-state index is 9.55. The molecule has 0 amide bonds. The number of carboxylic acid groups (broad SMARTS) is 2. The third-order valence-corrected chi connectivity index (χ3v) is 1.21. The van der Waals surface area contributed by atoms with Gasteiger partial charge in [-0.3, -0.25) is 0 Å². The van der Waals surface area contributed by atoms with Gasteiger partial charge in [-0.05, 0) is 0 Å². The highest BCUT2D eigenvalue weighted by Gasteiger charge is 1.93. The number of hydrogen-bond acceptors (Lipinski definition) is 4. The van der Waals surface area contributed by atoms with Crippen LogP contribution >= 0.6 is 0 Å². The molecule has 0 radical (unpaired) electrons. The number of aliphatic carboxylic acids is 2. The maximum atomic E-state index is 9.55. The van der Waals surface area contributed by atoms with Crippen molar-refractivity contribution in [2.45, 2.75) is 0 Å². The molecule has 1 saturated heterocycles. The van der Waals surface area contributed by atoms with Gasteiger partial charge in [0.1, 0.15) is 0 Å². The van der Waals surface area contributed by atoms with Crippen LogP contribution in [0.1, 0.15) is 0 Å². The predicted molar refractivity (Wildman–Crippen MR) is 48.1 cm³/mol. The fraction of sp³-hybridized carbons (Fsp3) is 0.500. The van der Waals surface area contributed by atoms with Gasteiger partial charge in [0.05, 0.1) is 13.2 Å². The van der Waals surface area contributed by atoms with Gasteiger partial charge in [0.2, 0.25) is 0 Å². The van der Waals surface area contributed by atoms with Crippen LogP contribution in [0.5, 0.6) is 0 Å². The lowest BCUT2D eigenvalue weighted by molar-refractivity contribution is -0.134. The number of ether oxygens (including phenoxy) is 1. The summed E-state index contributed by atoms with van der Waals surface area (Å²) in [5.41, 5.74) is 0. The number of hydrogen-bond donors (Lipinski definition) is 3. The first-order valence-electron chi connectivity index (χ1n) is 4.05. The van der Waals surface area contributed by atoms with Gasteiger partial charge in [-0.25, -0.2) is 9.59 Å². The van der Waals surface area contributed by atoms with Crippen LogP contribution < -0.4 is 5.32 Å². The van der Waals surface area contributed by atoms with E-state index in [1.54, 1.807) is 0 Å². The minimum absolute atomic E-state index is 0.558. The number of nitrogens with one attached hydrogen (secondary N) is 1. The largest absolute Gasteiger partial charge is 0.478 e. The Morgan fingerprint density at radius 3 is 1.64 bits per heavy atom. The molecule has 0 bridgehead atoms. The van der Waals surface area contributed by atoms with E-state index in [0.717, 1.165) is 26.3 Å². The van der Waals surface area contributed by atoms with Crippen LogP contribution in [0.4, 0.5) is 0 Å². The van der Waals surface area contributed by atoms with Gasteiger partial charge in [0.25, 0.3) is 0 Å². The Labute approximate surface area is 81.2 Å². The van der Waals surface area contributed by atoms with E-state index in [1.807, 2.05) is 0 Å². The van der Waals surface area contributed by atoms with Gasteiger partial charge in [-0.2, -0.15) is 0 Å². The number of carboxylic acids is 2. The second-order valence-electron chi connectivity index (χ2n) is 2.37. The highest BCUT2D eigenvalue weighted by Crippen LogP contribution is 1.76. The lowest BCUT2D eigenvalue weighted by atomic mass is 10.5. The first-order valence-corrected chi connectivity index (χ1v) is 4.05. The van der Waals surface area contributed by atoms with Crippen molar-refractivity contribution >= 4 is 11.9 Å². The summed E-state index contributed by atoms with van der Waals surface area (Å²) in [6, 6.07) is 0. The highest BCUT2D eigenvalue weighted by molar-refractivity contribution is 5.89. The Morgan fingerprint density at radius 2 is 1.50 bits per heavy atom. The van der Waals surface area contributed by atoms with Crippen molar-refractivity contribution in [3.8, 4) is 0 Å². The van der Waals surface area contributed by atoms with Crippen molar-refractivity contribution in [2.24, 2.45) is 0 Å². The van der Waals surface area contributed by atoms with E-state index in [2.05, 4.69) is 5.32 Å². The van der Waals surface area contributed by atoms with E-state index in [-0.39, 0.29) is 0 Å². The second-order valence-corrected chi connectivity index (χ2v) is 2.37. The average molecular weight is 203 g/mol. The Bertz CT molecular complexity index is 182. The molecule has 1 rings (SSSR count). The van der Waals surface area contributed by atoms with Gasteiger partial charge < -0.3 is 20.3 Å². The molecular weight excluding hydrogens is 190 g/mol. The number of rotatable bonds is 2. The summed E-state index contributed by atoms with van der Waals surface area (Å²) < 4.78 is 5.01. The molecule has 80 valence electrons. The summed E-state index contributed by atoms with van der Waals surface area (Å²) in [4.78, 5) is 19.1. The summed E-state index contributed by atoms with van der Waals surface area (Å²) >= 11 is 0. The van der Waals surface area contributed by atoms with E-state index in [4.69, 9.17) is 14.9 Å². The van der Waals surface area contributed by atoms with Crippen LogP contribution in [0.25, 0.3) is 0 Å². The summed E-state index contributed by atoms with van der Waals surface area (Å²) in [6.45, 7) is 3.83. The fourth-order valence-electron chi connectivity index (χ4n) is 0.658. The predicted octanol–water partition coefficient (Wildman–Crippen LogP) is -0.682. The standard InChI is InChI=1S/C4H9NO.C4H4O4/c1-3-6-4-2-5-1;5-3(6)1-2-4(7)8/h5H,1-4H2;1-2H,(H,5,6)(H,7,8)/b;2-1-. The fourth-order valence-corrected chi connectivity index (χ4v) is 0.658. The van der Waals surface area contributed by atoms with E-state index in [1.165, 1.54) is 0 Å². The molecule has 0 unspecified atom stereocenters. The highest BCUT2D eigenvalue weighted by atomic mass is 16.5. The minimum Gasteiger partial charge on any atom is -0.478 e. The van der Waals surface area contributed by atoms with Gasteiger partial charge in [-0.15, -0.1) is 0 Å². The maximum Gasteiger partial charge on any atom is 0.328 e. The quantitative estimate of drug-likeness (QED) is 0.514. The molecule has 1 aliphatic heterocycles. The van der Waals surface area contributed by atoms with Crippen LogP contribution in [0.3, 0.4) is 0 Å². The van der Waals surface area contributed by atoms with Crippen molar-refractivity contribution in [2.75, 3.05) is 26.3 Å². The van der Waals surface area contributed by atoms with Crippen LogP contribution in [0, 0.1) is 0 Å². The molecule has 6 nitrogen and oxygen atoms in total. The molecular formula is C8H13NO5. The van der Waals surface area contributed by atoms with Gasteiger partial charge >= 0.3 is 11.9 Å². The van der Waals surface area contributed by atoms with Crippen molar-refractivity contribution in [1.29, 1.82) is 0 Å². The SMILES string of the molecule is C1COCCN1.O=C(O)/C=C\C(=O)O. The molecule has 6 heteroatoms. The van der Waals surface area contributed by atoms with Crippen LogP contribution in [0.15, 0.2) is 12.2 Å². The number of morpholine rings is 1. The first-order chi connectivity index (χ1) is 6.63. The molecule has 14 heavy (non-hydrogen) atoms. The number of carbonyl (C=O) groups is 2. The lowest BCUT2D eigenvalue weighted by Gasteiger charge is -2.10. The van der Waals surface area contributed by atoms with Gasteiger partial charge in [-0.1, -0.05) is 0 Å². The third kappa shape index (κ3) is 10.6. The molecule has 1 heterocycles. The monoisotopic (exact) mass is 203 g/mol. The Balaban J connectivity index is 0.000000249. The zero-order valence-electron chi connectivity index (χ0n) is 7.60. The van der Waals surface area contributed by atoms with E-state index < -0.39 is 11.9 Å². The van der Waals surface area contributed by atoms with E-state index in [0.29, 0.717) is 12.2 Å². The molecule has 0 aromatic heterocycles. The van der Waals surface area contributed by atoms with Crippen molar-refractivity contribution < 1.29 is 24.5 Å². The van der Waals surface area contributed by atoms with Crippen molar-refractivity contribution in [1.82, 2.24) is 5.32 Å². The van der Waals surface area contributed by atoms with Crippen LogP contribution in [0.2, 0.25) is 0 Å². The lowest BCUT2D eigenvalue weighted by Crippen LogP contribution is -2.30. The Hall–Kier alpha value is -1.40. The molecule has 1 fully saturated rings. The zero-order chi connectivity index (χ0) is 10.8. The summed E-state index contributed by atoms with van der Waals surface area (Å²) in [7, 11) is 0. The molecule has 0 aliphatic carbocycles. The summed E-state index contributed by atoms with van der Waals surface area (Å²) in [5.74, 6) is -2.51. The minimum atomic E-state index is -1.26. The molecule has 0 aromatic rings. The Morgan fingerprint density at radius 1 is 1.07 bits per heavy atom. The third-order valence-electron chi connectivity index (χ3n) is 1.21. The van der Waals surface area contributed by atoms with Crippen LogP contribution in [-0.4, -0.2) is 48.5 Å². The average Bonchev–Trinajstić information content (AvgIpc) is 2.18. The molecule has 0 saturated carbocycles. The summed E-state index contributed by atoms with van der Waals surface area (Å²) in [6.07, 6.45) is 1.12. The molecule has 1 aliphatic rings. The molecule has 3 N–H and O–H groups in total. The zero-order valence-corrected chi connectivity index (χ0v) is 7.60. The Kier molecular flexibility index (Phi) is 7.39. The van der Waals surface area contributed by atoms with Gasteiger partial charge in [0, 0.05) is 25.2 Å². The smallest absolute Gasteiger partial charge is 0.328 e. The van der Waals surface area contributed by atoms with E-state index in [9.17, 15) is 9.59 Å². The van der Waals surface area contributed by atoms with Gasteiger partial charge in [0.15, 0.2) is 0 Å². The van der Waals surface area contributed by atoms with Crippen molar-refractivity contribution in [3.63, 3.8) is 0 Å². The molecule has 0 aromatic carbocycles. The molecule has 0 atom stereocenters. The van der Waals surface area contributed by atoms with E-state index >= 15 is 0 Å². The summed E-state index contributed by atoms with van der Waals surface area (Å²) in [5, 5.41) is 18.8. The molecule has 0 spiro atoms. The first kappa shape index (κ1) is 12.6. The second kappa shape index (κ2) is 8.21. The normalized spacial score (nSPS) is 15.7. The topological polar surface area (TPSA) is 95.9 Å². The van der Waals surface area contributed by atoms with Crippen molar-refractivity contribution in [3.05, 3.63) is 12.2 Å². The van der Waals surface area contributed by atoms with Crippen LogP contribution in [-0.2, 0) is 14.3 Å².